The second-order valence-electron chi connectivity index (χ2n) is 7.32. The molecule has 1 fully saturated rings. The Labute approximate surface area is 197 Å². The summed E-state index contributed by atoms with van der Waals surface area (Å²) < 4.78 is 5.39. The predicted molar refractivity (Wildman–Crippen MR) is 127 cm³/mol. The van der Waals surface area contributed by atoms with Crippen LogP contribution in [0.25, 0.3) is 0 Å². The number of carbonyl (C=O) groups excluding carboxylic acids is 2. The van der Waals surface area contributed by atoms with Crippen molar-refractivity contribution in [2.45, 2.75) is 19.9 Å². The number of likely N-dealkylation sites (N-methyl/N-ethyl adjacent to an activating group) is 1. The number of ether oxygens (including phenoxy) is 1. The molecule has 2 aliphatic heterocycles. The predicted octanol–water partition coefficient (Wildman–Crippen LogP) is 4.32. The van der Waals surface area contributed by atoms with Crippen LogP contribution < -0.4 is 10.6 Å². The van der Waals surface area contributed by atoms with Crippen molar-refractivity contribution in [3.63, 3.8) is 0 Å². The van der Waals surface area contributed by atoms with Crippen LogP contribution in [0, 0.1) is 0 Å². The smallest absolute Gasteiger partial charge is 0.324 e. The minimum Gasteiger partial charge on any atom is -0.378 e. The van der Waals surface area contributed by atoms with Crippen LogP contribution in [0.15, 0.2) is 24.3 Å². The number of benzene rings is 1. The summed E-state index contributed by atoms with van der Waals surface area (Å²) in [4.78, 5) is 31.3. The maximum absolute atomic E-state index is 13.4. The van der Waals surface area contributed by atoms with Gasteiger partial charge in [-0.3, -0.25) is 15.0 Å². The van der Waals surface area contributed by atoms with E-state index in [0.717, 1.165) is 36.5 Å². The molecule has 1 aromatic heterocycles. The van der Waals surface area contributed by atoms with Crippen molar-refractivity contribution in [2.24, 2.45) is 0 Å². The first-order chi connectivity index (χ1) is 14.5. The first kappa shape index (κ1) is 23.8. The molecule has 2 aliphatic rings. The Morgan fingerprint density at radius 2 is 1.84 bits per heavy atom. The Morgan fingerprint density at radius 1 is 1.13 bits per heavy atom. The van der Waals surface area contributed by atoms with Crippen molar-refractivity contribution in [1.29, 1.82) is 0 Å². The summed E-state index contributed by atoms with van der Waals surface area (Å²) in [7, 11) is 0. The number of nitrogens with zero attached hydrogens (tertiary/aromatic N) is 2. The zero-order chi connectivity index (χ0) is 21.1. The number of thiophene rings is 1. The molecular weight excluding hydrogens is 459 g/mol. The summed E-state index contributed by atoms with van der Waals surface area (Å²) >= 11 is 7.41. The van der Waals surface area contributed by atoms with Crippen molar-refractivity contribution in [3.05, 3.63) is 45.3 Å². The summed E-state index contributed by atoms with van der Waals surface area (Å²) in [5, 5.41) is 6.94. The number of halogens is 2. The summed E-state index contributed by atoms with van der Waals surface area (Å²) in [5.74, 6) is -0.0254. The van der Waals surface area contributed by atoms with Gasteiger partial charge < -0.3 is 15.0 Å². The van der Waals surface area contributed by atoms with E-state index < -0.39 is 0 Å². The van der Waals surface area contributed by atoms with Crippen molar-refractivity contribution < 1.29 is 14.3 Å². The average molecular weight is 485 g/mol. The first-order valence-corrected chi connectivity index (χ1v) is 11.3. The maximum Gasteiger partial charge on any atom is 0.324 e. The molecule has 7 nitrogen and oxygen atoms in total. The van der Waals surface area contributed by atoms with E-state index in [1.165, 1.54) is 11.3 Å². The van der Waals surface area contributed by atoms with E-state index in [9.17, 15) is 9.59 Å². The molecule has 168 valence electrons. The monoisotopic (exact) mass is 484 g/mol. The van der Waals surface area contributed by atoms with Crippen LogP contribution in [0.4, 0.5) is 15.5 Å². The van der Waals surface area contributed by atoms with Gasteiger partial charge >= 0.3 is 6.03 Å². The number of amides is 3. The molecule has 3 amide bonds. The fraction of sp³-hybridized carbons (Fsp3) is 0.429. The lowest BCUT2D eigenvalue weighted by molar-refractivity contribution is 0.0303. The highest BCUT2D eigenvalue weighted by Crippen LogP contribution is 2.38. The maximum atomic E-state index is 13.4. The zero-order valence-electron chi connectivity index (χ0n) is 17.3. The molecule has 0 aliphatic carbocycles. The highest BCUT2D eigenvalue weighted by Gasteiger charge is 2.31. The molecule has 31 heavy (non-hydrogen) atoms. The van der Waals surface area contributed by atoms with Crippen molar-refractivity contribution in [3.8, 4) is 0 Å². The molecule has 0 spiro atoms. The Balaban J connectivity index is 0.00000272. The molecule has 0 atom stereocenters. The minimum atomic E-state index is -0.376. The van der Waals surface area contributed by atoms with Gasteiger partial charge in [-0.25, -0.2) is 4.79 Å². The fourth-order valence-electron chi connectivity index (χ4n) is 3.76. The summed E-state index contributed by atoms with van der Waals surface area (Å²) in [6, 6.07) is 6.53. The van der Waals surface area contributed by atoms with Gasteiger partial charge in [0.25, 0.3) is 5.91 Å². The Morgan fingerprint density at radius 3 is 2.52 bits per heavy atom. The van der Waals surface area contributed by atoms with E-state index in [4.69, 9.17) is 16.3 Å². The van der Waals surface area contributed by atoms with Crippen LogP contribution in [-0.4, -0.2) is 61.1 Å². The molecular formula is C21H26Cl2N4O3S. The normalized spacial score (nSPS) is 16.3. The number of hydrogen-bond donors (Lipinski definition) is 2. The van der Waals surface area contributed by atoms with Gasteiger partial charge in [-0.2, -0.15) is 0 Å². The second kappa shape index (κ2) is 10.7. The standard InChI is InChI=1S/C21H25ClN4O3S.ClH/c1-2-25-8-7-16-17(13-25)30-19(18(16)20(27)26-9-11-29-12-10-26)24-21(28)23-15-5-3-14(22)4-6-15;/h3-6H,2,7-13H2,1H3,(H2,23,24,28);1H. The van der Waals surface area contributed by atoms with Crippen molar-refractivity contribution >= 4 is 58.0 Å². The Kier molecular flexibility index (Phi) is 8.18. The van der Waals surface area contributed by atoms with E-state index in [1.807, 2.05) is 4.90 Å². The number of carbonyl (C=O) groups is 2. The number of nitrogens with one attached hydrogen (secondary N) is 2. The van der Waals surface area contributed by atoms with E-state index in [0.29, 0.717) is 47.6 Å². The Bertz CT molecular complexity index is 929. The van der Waals surface area contributed by atoms with Crippen LogP contribution in [0.2, 0.25) is 5.02 Å². The van der Waals surface area contributed by atoms with Gasteiger partial charge in [0.05, 0.1) is 18.8 Å². The van der Waals surface area contributed by atoms with Gasteiger partial charge in [0.15, 0.2) is 0 Å². The molecule has 0 bridgehead atoms. The summed E-state index contributed by atoms with van der Waals surface area (Å²) in [6.45, 7) is 7.05. The van der Waals surface area contributed by atoms with Crippen LogP contribution >= 0.6 is 35.3 Å². The highest BCUT2D eigenvalue weighted by atomic mass is 35.5. The number of rotatable bonds is 4. The molecule has 0 saturated carbocycles. The number of anilines is 2. The largest absolute Gasteiger partial charge is 0.378 e. The third kappa shape index (κ3) is 5.51. The van der Waals surface area contributed by atoms with E-state index >= 15 is 0 Å². The lowest BCUT2D eigenvalue weighted by Gasteiger charge is -2.29. The van der Waals surface area contributed by atoms with E-state index in [1.54, 1.807) is 24.3 Å². The molecule has 2 aromatic rings. The molecule has 3 heterocycles. The lowest BCUT2D eigenvalue weighted by Crippen LogP contribution is -2.41. The van der Waals surface area contributed by atoms with Gasteiger partial charge in [0, 0.05) is 41.8 Å². The molecule has 1 aromatic carbocycles. The summed E-state index contributed by atoms with van der Waals surface area (Å²) in [6.07, 6.45) is 0.811. The molecule has 2 N–H and O–H groups in total. The fourth-order valence-corrected chi connectivity index (χ4v) is 5.17. The van der Waals surface area contributed by atoms with Crippen molar-refractivity contribution in [2.75, 3.05) is 50.0 Å². The third-order valence-electron chi connectivity index (χ3n) is 5.42. The highest BCUT2D eigenvalue weighted by molar-refractivity contribution is 7.17. The van der Waals surface area contributed by atoms with E-state index in [-0.39, 0.29) is 24.3 Å². The van der Waals surface area contributed by atoms with Gasteiger partial charge in [0.1, 0.15) is 5.00 Å². The van der Waals surface area contributed by atoms with E-state index in [2.05, 4.69) is 22.5 Å². The van der Waals surface area contributed by atoms with Crippen LogP contribution in [0.5, 0.6) is 0 Å². The van der Waals surface area contributed by atoms with Gasteiger partial charge in [-0.1, -0.05) is 18.5 Å². The van der Waals surface area contributed by atoms with Crippen LogP contribution in [0.3, 0.4) is 0 Å². The molecule has 1 saturated heterocycles. The average Bonchev–Trinajstić information content (AvgIpc) is 3.12. The quantitative estimate of drug-likeness (QED) is 0.677. The molecule has 10 heteroatoms. The first-order valence-electron chi connectivity index (χ1n) is 10.1. The topological polar surface area (TPSA) is 73.9 Å². The van der Waals surface area contributed by atoms with Crippen LogP contribution in [-0.2, 0) is 17.7 Å². The lowest BCUT2D eigenvalue weighted by atomic mass is 10.0. The van der Waals surface area contributed by atoms with Gasteiger partial charge in [0.2, 0.25) is 0 Å². The van der Waals surface area contributed by atoms with Crippen molar-refractivity contribution in [1.82, 2.24) is 9.80 Å². The van der Waals surface area contributed by atoms with Gasteiger partial charge in [-0.05, 0) is 42.8 Å². The third-order valence-corrected chi connectivity index (χ3v) is 6.81. The number of hydrogen-bond acceptors (Lipinski definition) is 5. The number of urea groups is 1. The molecule has 4 rings (SSSR count). The second-order valence-corrected chi connectivity index (χ2v) is 8.86. The van der Waals surface area contributed by atoms with Crippen LogP contribution in [0.1, 0.15) is 27.7 Å². The SMILES string of the molecule is CCN1CCc2c(sc(NC(=O)Nc3ccc(Cl)cc3)c2C(=O)N2CCOCC2)C1.Cl. The number of fused-ring (bicyclic) bond motifs is 1. The summed E-state index contributed by atoms with van der Waals surface area (Å²) in [5.41, 5.74) is 2.35. The molecule has 0 unspecified atom stereocenters. The molecule has 0 radical (unpaired) electrons. The van der Waals surface area contributed by atoms with Gasteiger partial charge in [-0.15, -0.1) is 23.7 Å². The minimum absolute atomic E-state index is 0. The zero-order valence-corrected chi connectivity index (χ0v) is 19.7. The number of morpholine rings is 1. The Hall–Kier alpha value is -1.84.